The molecule has 0 saturated heterocycles. The molecule has 3 rings (SSSR count). The van der Waals surface area contributed by atoms with E-state index >= 15 is 0 Å². The third-order valence-corrected chi connectivity index (χ3v) is 2.81. The third-order valence-electron chi connectivity index (χ3n) is 2.81. The van der Waals surface area contributed by atoms with Gasteiger partial charge in [-0.2, -0.15) is 0 Å². The SMILES string of the molecule is Cn1c2ccncc2c2cc(F)cc(F)c21. The van der Waals surface area contributed by atoms with Crippen LogP contribution in [0.2, 0.25) is 0 Å². The van der Waals surface area contributed by atoms with Gasteiger partial charge in [-0.15, -0.1) is 0 Å². The molecule has 0 atom stereocenters. The van der Waals surface area contributed by atoms with Crippen molar-refractivity contribution in [3.8, 4) is 0 Å². The van der Waals surface area contributed by atoms with E-state index in [0.29, 0.717) is 10.9 Å². The average Bonchev–Trinajstić information content (AvgIpc) is 2.54. The number of hydrogen-bond donors (Lipinski definition) is 0. The monoisotopic (exact) mass is 218 g/mol. The topological polar surface area (TPSA) is 17.8 Å². The van der Waals surface area contributed by atoms with Crippen LogP contribution in [0.3, 0.4) is 0 Å². The van der Waals surface area contributed by atoms with Gasteiger partial charge in [-0.05, 0) is 12.1 Å². The second-order valence-corrected chi connectivity index (χ2v) is 3.74. The highest BCUT2D eigenvalue weighted by Crippen LogP contribution is 2.29. The second-order valence-electron chi connectivity index (χ2n) is 3.74. The summed E-state index contributed by atoms with van der Waals surface area (Å²) in [5.74, 6) is -1.12. The Hall–Kier alpha value is -1.97. The van der Waals surface area contributed by atoms with Crippen molar-refractivity contribution >= 4 is 21.8 Å². The van der Waals surface area contributed by atoms with Gasteiger partial charge < -0.3 is 4.57 Å². The first-order valence-corrected chi connectivity index (χ1v) is 4.85. The fourth-order valence-corrected chi connectivity index (χ4v) is 2.12. The molecule has 16 heavy (non-hydrogen) atoms. The van der Waals surface area contributed by atoms with Gasteiger partial charge in [0.2, 0.25) is 0 Å². The Morgan fingerprint density at radius 2 is 2.00 bits per heavy atom. The standard InChI is InChI=1S/C12H8F2N2/c1-16-11-2-3-15-6-9(11)8-4-7(13)5-10(14)12(8)16/h2-6H,1H3. The summed E-state index contributed by atoms with van der Waals surface area (Å²) < 4.78 is 28.5. The van der Waals surface area contributed by atoms with Crippen molar-refractivity contribution in [3.05, 3.63) is 42.2 Å². The summed E-state index contributed by atoms with van der Waals surface area (Å²) in [6.45, 7) is 0. The highest BCUT2D eigenvalue weighted by atomic mass is 19.1. The first-order valence-electron chi connectivity index (χ1n) is 4.85. The van der Waals surface area contributed by atoms with Crippen molar-refractivity contribution in [2.24, 2.45) is 7.05 Å². The largest absolute Gasteiger partial charge is 0.341 e. The van der Waals surface area contributed by atoms with Crippen LogP contribution in [0.1, 0.15) is 0 Å². The Balaban J connectivity index is 2.67. The third kappa shape index (κ3) is 1.07. The van der Waals surface area contributed by atoms with Crippen LogP contribution in [-0.2, 0) is 7.05 Å². The molecule has 0 saturated carbocycles. The molecule has 0 bridgehead atoms. The molecule has 2 nitrogen and oxygen atoms in total. The molecule has 3 aromatic rings. The van der Waals surface area contributed by atoms with Crippen LogP contribution in [-0.4, -0.2) is 9.55 Å². The molecule has 2 heterocycles. The number of halogens is 2. The zero-order valence-corrected chi connectivity index (χ0v) is 8.54. The van der Waals surface area contributed by atoms with Crippen molar-refractivity contribution in [1.82, 2.24) is 9.55 Å². The van der Waals surface area contributed by atoms with Gasteiger partial charge in [0, 0.05) is 36.3 Å². The Morgan fingerprint density at radius 1 is 1.19 bits per heavy atom. The number of rotatable bonds is 0. The number of aromatic nitrogens is 2. The summed E-state index contributed by atoms with van der Waals surface area (Å²) in [4.78, 5) is 3.98. The van der Waals surface area contributed by atoms with Gasteiger partial charge >= 0.3 is 0 Å². The Labute approximate surface area is 90.1 Å². The zero-order valence-electron chi connectivity index (χ0n) is 8.54. The van der Waals surface area contributed by atoms with Crippen LogP contribution < -0.4 is 0 Å². The molecule has 0 radical (unpaired) electrons. The number of fused-ring (bicyclic) bond motifs is 3. The second kappa shape index (κ2) is 3.01. The number of hydrogen-bond acceptors (Lipinski definition) is 1. The van der Waals surface area contributed by atoms with Crippen LogP contribution in [0, 0.1) is 11.6 Å². The molecule has 0 aliphatic carbocycles. The molecule has 0 N–H and O–H groups in total. The minimum Gasteiger partial charge on any atom is -0.341 e. The molecule has 80 valence electrons. The molecule has 0 aliphatic heterocycles. The van der Waals surface area contributed by atoms with Crippen molar-refractivity contribution in [3.63, 3.8) is 0 Å². The number of benzene rings is 1. The lowest BCUT2D eigenvalue weighted by Crippen LogP contribution is -1.90. The Bertz CT molecular complexity index is 701. The zero-order chi connectivity index (χ0) is 11.3. The van der Waals surface area contributed by atoms with Crippen LogP contribution >= 0.6 is 0 Å². The molecule has 0 aliphatic rings. The number of nitrogens with zero attached hydrogens (tertiary/aromatic N) is 2. The van der Waals surface area contributed by atoms with Crippen molar-refractivity contribution in [2.75, 3.05) is 0 Å². The van der Waals surface area contributed by atoms with E-state index in [9.17, 15) is 8.78 Å². The van der Waals surface area contributed by atoms with Crippen LogP contribution in [0.5, 0.6) is 0 Å². The highest BCUT2D eigenvalue weighted by molar-refractivity contribution is 6.07. The predicted molar refractivity (Wildman–Crippen MR) is 58.1 cm³/mol. The fraction of sp³-hybridized carbons (Fsp3) is 0.0833. The smallest absolute Gasteiger partial charge is 0.150 e. The van der Waals surface area contributed by atoms with Crippen molar-refractivity contribution in [1.29, 1.82) is 0 Å². The molecule has 0 amide bonds. The minimum atomic E-state index is -0.568. The summed E-state index contributed by atoms with van der Waals surface area (Å²) in [6.07, 6.45) is 3.26. The van der Waals surface area contributed by atoms with Gasteiger partial charge in [0.1, 0.15) is 11.6 Å². The molecule has 1 aromatic carbocycles. The Morgan fingerprint density at radius 3 is 2.81 bits per heavy atom. The van der Waals surface area contributed by atoms with Gasteiger partial charge in [-0.1, -0.05) is 0 Å². The summed E-state index contributed by atoms with van der Waals surface area (Å²) in [7, 11) is 1.76. The van der Waals surface area contributed by atoms with Gasteiger partial charge in [-0.3, -0.25) is 4.98 Å². The average molecular weight is 218 g/mol. The molecule has 0 fully saturated rings. The van der Waals surface area contributed by atoms with E-state index in [4.69, 9.17) is 0 Å². The molecule has 0 unspecified atom stereocenters. The van der Waals surface area contributed by atoms with Gasteiger partial charge in [0.25, 0.3) is 0 Å². The van der Waals surface area contributed by atoms with Crippen molar-refractivity contribution < 1.29 is 8.78 Å². The lowest BCUT2D eigenvalue weighted by Gasteiger charge is -1.98. The first kappa shape index (κ1) is 9.27. The summed E-state index contributed by atoms with van der Waals surface area (Å²) in [5, 5.41) is 1.32. The summed E-state index contributed by atoms with van der Waals surface area (Å²) in [5.41, 5.74) is 1.25. The number of pyridine rings is 1. The van der Waals surface area contributed by atoms with E-state index < -0.39 is 11.6 Å². The Kier molecular flexibility index (Phi) is 1.74. The molecule has 0 spiro atoms. The van der Waals surface area contributed by atoms with E-state index in [1.54, 1.807) is 30.1 Å². The van der Waals surface area contributed by atoms with Gasteiger partial charge in [0.15, 0.2) is 0 Å². The predicted octanol–water partition coefficient (Wildman–Crippen LogP) is 3.00. The molecular formula is C12H8F2N2. The molecule has 2 aromatic heterocycles. The van der Waals surface area contributed by atoms with Crippen LogP contribution in [0.4, 0.5) is 8.78 Å². The van der Waals surface area contributed by atoms with E-state index in [-0.39, 0.29) is 0 Å². The quantitative estimate of drug-likeness (QED) is 0.567. The normalized spacial score (nSPS) is 11.4. The molecule has 4 heteroatoms. The van der Waals surface area contributed by atoms with E-state index in [2.05, 4.69) is 4.98 Å². The van der Waals surface area contributed by atoms with Crippen LogP contribution in [0.25, 0.3) is 21.8 Å². The lowest BCUT2D eigenvalue weighted by atomic mass is 10.2. The highest BCUT2D eigenvalue weighted by Gasteiger charge is 2.13. The lowest BCUT2D eigenvalue weighted by molar-refractivity contribution is 0.589. The number of aryl methyl sites for hydroxylation is 1. The van der Waals surface area contributed by atoms with E-state index in [1.165, 1.54) is 6.07 Å². The summed E-state index contributed by atoms with van der Waals surface area (Å²) in [6, 6.07) is 4.02. The van der Waals surface area contributed by atoms with E-state index in [0.717, 1.165) is 17.0 Å². The van der Waals surface area contributed by atoms with E-state index in [1.807, 2.05) is 0 Å². The first-order chi connectivity index (χ1) is 7.68. The fourth-order valence-electron chi connectivity index (χ4n) is 2.12. The summed E-state index contributed by atoms with van der Waals surface area (Å²) >= 11 is 0. The minimum absolute atomic E-state index is 0.407. The maximum atomic E-state index is 13.7. The maximum absolute atomic E-state index is 13.7. The van der Waals surface area contributed by atoms with Gasteiger partial charge in [-0.25, -0.2) is 8.78 Å². The maximum Gasteiger partial charge on any atom is 0.150 e. The molecular weight excluding hydrogens is 210 g/mol. The van der Waals surface area contributed by atoms with Gasteiger partial charge in [0.05, 0.1) is 11.0 Å². The van der Waals surface area contributed by atoms with Crippen LogP contribution in [0.15, 0.2) is 30.6 Å². The van der Waals surface area contributed by atoms with Crippen molar-refractivity contribution in [2.45, 2.75) is 0 Å².